The molecule has 0 amide bonds. The van der Waals surface area contributed by atoms with E-state index in [1.807, 2.05) is 6.08 Å². The maximum absolute atomic E-state index is 8.91. The van der Waals surface area contributed by atoms with Gasteiger partial charge in [-0.2, -0.15) is 5.26 Å². The normalized spacial score (nSPS) is 14.3. The Labute approximate surface area is 78.3 Å². The molecule has 2 rings (SSSR count). The lowest BCUT2D eigenvalue weighted by atomic mass is 9.90. The lowest BCUT2D eigenvalue weighted by Crippen LogP contribution is -1.98. The maximum atomic E-state index is 8.91. The molecular weight excluding hydrogens is 158 g/mol. The molecule has 0 radical (unpaired) electrons. The number of nitriles is 1. The minimum atomic E-state index is 0.838. The first-order chi connectivity index (χ1) is 6.31. The van der Waals surface area contributed by atoms with Crippen molar-refractivity contribution in [2.75, 3.05) is 0 Å². The number of benzene rings is 1. The third-order valence-electron chi connectivity index (χ3n) is 2.44. The Bertz CT molecular complexity index is 408. The predicted octanol–water partition coefficient (Wildman–Crippen LogP) is 2.85. The Morgan fingerprint density at radius 1 is 1.38 bits per heavy atom. The molecule has 0 bridgehead atoms. The van der Waals surface area contributed by atoms with Gasteiger partial charge >= 0.3 is 0 Å². The van der Waals surface area contributed by atoms with Crippen molar-refractivity contribution in [3.8, 4) is 6.07 Å². The van der Waals surface area contributed by atoms with Crippen molar-refractivity contribution in [2.24, 2.45) is 0 Å². The van der Waals surface area contributed by atoms with Crippen molar-refractivity contribution < 1.29 is 0 Å². The highest BCUT2D eigenvalue weighted by Crippen LogP contribution is 2.26. The SMILES string of the molecule is Cc1ccc2c(c1)C(C#N)=CCC2. The first kappa shape index (κ1) is 8.07. The summed E-state index contributed by atoms with van der Waals surface area (Å²) < 4.78 is 0. The summed E-state index contributed by atoms with van der Waals surface area (Å²) in [4.78, 5) is 0. The molecule has 13 heavy (non-hydrogen) atoms. The van der Waals surface area contributed by atoms with Gasteiger partial charge < -0.3 is 0 Å². The van der Waals surface area contributed by atoms with Gasteiger partial charge in [-0.3, -0.25) is 0 Å². The standard InChI is InChI=1S/C12H11N/c1-9-5-6-10-3-2-4-11(8-13)12(10)7-9/h4-7H,2-3H2,1H3. The summed E-state index contributed by atoms with van der Waals surface area (Å²) in [5.74, 6) is 0. The zero-order valence-electron chi connectivity index (χ0n) is 7.67. The summed E-state index contributed by atoms with van der Waals surface area (Å²) in [6, 6.07) is 8.59. The summed E-state index contributed by atoms with van der Waals surface area (Å²) in [7, 11) is 0. The van der Waals surface area contributed by atoms with E-state index in [0.717, 1.165) is 24.0 Å². The van der Waals surface area contributed by atoms with Gasteiger partial charge in [0, 0.05) is 0 Å². The minimum absolute atomic E-state index is 0.838. The van der Waals surface area contributed by atoms with Crippen LogP contribution in [-0.4, -0.2) is 0 Å². The zero-order valence-corrected chi connectivity index (χ0v) is 7.67. The van der Waals surface area contributed by atoms with Gasteiger partial charge in [-0.1, -0.05) is 29.8 Å². The summed E-state index contributed by atoms with van der Waals surface area (Å²) in [5, 5.41) is 8.91. The summed E-state index contributed by atoms with van der Waals surface area (Å²) in [5.41, 5.74) is 4.50. The molecule has 1 aromatic rings. The third kappa shape index (κ3) is 1.36. The van der Waals surface area contributed by atoms with Crippen LogP contribution in [0.1, 0.15) is 23.1 Å². The zero-order chi connectivity index (χ0) is 9.26. The van der Waals surface area contributed by atoms with E-state index in [1.165, 1.54) is 11.1 Å². The topological polar surface area (TPSA) is 23.8 Å². The average Bonchev–Trinajstić information content (AvgIpc) is 2.17. The Balaban J connectivity index is 2.59. The fourth-order valence-corrected chi connectivity index (χ4v) is 1.75. The quantitative estimate of drug-likeness (QED) is 0.585. The van der Waals surface area contributed by atoms with Crippen molar-refractivity contribution in [2.45, 2.75) is 19.8 Å². The number of rotatable bonds is 0. The van der Waals surface area contributed by atoms with E-state index < -0.39 is 0 Å². The van der Waals surface area contributed by atoms with E-state index in [9.17, 15) is 0 Å². The van der Waals surface area contributed by atoms with Gasteiger partial charge in [0.1, 0.15) is 0 Å². The first-order valence-electron chi connectivity index (χ1n) is 4.51. The highest BCUT2D eigenvalue weighted by molar-refractivity contribution is 5.80. The van der Waals surface area contributed by atoms with Crippen LogP contribution in [0, 0.1) is 18.3 Å². The molecule has 0 saturated heterocycles. The number of allylic oxidation sites excluding steroid dienone is 2. The van der Waals surface area contributed by atoms with Crippen molar-refractivity contribution in [3.05, 3.63) is 41.0 Å². The van der Waals surface area contributed by atoms with E-state index in [0.29, 0.717) is 0 Å². The van der Waals surface area contributed by atoms with Crippen LogP contribution in [0.25, 0.3) is 5.57 Å². The van der Waals surface area contributed by atoms with Crippen LogP contribution in [0.3, 0.4) is 0 Å². The van der Waals surface area contributed by atoms with Gasteiger partial charge in [0.15, 0.2) is 0 Å². The van der Waals surface area contributed by atoms with Gasteiger partial charge in [0.05, 0.1) is 11.6 Å². The molecule has 1 aliphatic carbocycles. The second-order valence-electron chi connectivity index (χ2n) is 3.43. The Morgan fingerprint density at radius 2 is 2.23 bits per heavy atom. The molecule has 1 nitrogen and oxygen atoms in total. The molecule has 1 heteroatoms. The van der Waals surface area contributed by atoms with E-state index >= 15 is 0 Å². The largest absolute Gasteiger partial charge is 0.192 e. The Hall–Kier alpha value is -1.55. The van der Waals surface area contributed by atoms with Crippen LogP contribution >= 0.6 is 0 Å². The van der Waals surface area contributed by atoms with Crippen LogP contribution < -0.4 is 0 Å². The van der Waals surface area contributed by atoms with Gasteiger partial charge in [-0.15, -0.1) is 0 Å². The Morgan fingerprint density at radius 3 is 3.00 bits per heavy atom. The molecule has 1 aliphatic rings. The number of hydrogen-bond donors (Lipinski definition) is 0. The molecule has 0 N–H and O–H groups in total. The molecule has 0 spiro atoms. The first-order valence-corrected chi connectivity index (χ1v) is 4.51. The van der Waals surface area contributed by atoms with E-state index in [1.54, 1.807) is 0 Å². The lowest BCUT2D eigenvalue weighted by molar-refractivity contribution is 0.978. The lowest BCUT2D eigenvalue weighted by Gasteiger charge is -2.13. The number of nitrogens with zero attached hydrogens (tertiary/aromatic N) is 1. The van der Waals surface area contributed by atoms with Crippen LogP contribution in [0.5, 0.6) is 0 Å². The molecule has 0 aromatic heterocycles. The number of hydrogen-bond acceptors (Lipinski definition) is 1. The predicted molar refractivity (Wildman–Crippen MR) is 53.1 cm³/mol. The molecule has 0 atom stereocenters. The van der Waals surface area contributed by atoms with E-state index in [-0.39, 0.29) is 0 Å². The van der Waals surface area contributed by atoms with Crippen molar-refractivity contribution in [3.63, 3.8) is 0 Å². The molecule has 1 aromatic carbocycles. The van der Waals surface area contributed by atoms with Gasteiger partial charge in [0.2, 0.25) is 0 Å². The summed E-state index contributed by atoms with van der Waals surface area (Å²) in [6.07, 6.45) is 4.10. The molecule has 0 heterocycles. The van der Waals surface area contributed by atoms with Crippen LogP contribution in [0.2, 0.25) is 0 Å². The Kier molecular flexibility index (Phi) is 1.90. The van der Waals surface area contributed by atoms with Crippen LogP contribution in [-0.2, 0) is 6.42 Å². The van der Waals surface area contributed by atoms with Gasteiger partial charge in [-0.25, -0.2) is 0 Å². The van der Waals surface area contributed by atoms with Crippen LogP contribution in [0.4, 0.5) is 0 Å². The van der Waals surface area contributed by atoms with Crippen LogP contribution in [0.15, 0.2) is 24.3 Å². The van der Waals surface area contributed by atoms with Crippen molar-refractivity contribution in [1.82, 2.24) is 0 Å². The van der Waals surface area contributed by atoms with Crippen molar-refractivity contribution in [1.29, 1.82) is 5.26 Å². The number of fused-ring (bicyclic) bond motifs is 1. The molecule has 0 unspecified atom stereocenters. The molecule has 0 fully saturated rings. The minimum Gasteiger partial charge on any atom is -0.192 e. The van der Waals surface area contributed by atoms with Gasteiger partial charge in [0.25, 0.3) is 0 Å². The second-order valence-corrected chi connectivity index (χ2v) is 3.43. The monoisotopic (exact) mass is 169 g/mol. The smallest absolute Gasteiger partial charge is 0.0994 e. The second kappa shape index (κ2) is 3.06. The molecule has 0 saturated carbocycles. The molecule has 64 valence electrons. The molecular formula is C12H11N. The van der Waals surface area contributed by atoms with E-state index in [4.69, 9.17) is 5.26 Å². The molecule has 0 aliphatic heterocycles. The summed E-state index contributed by atoms with van der Waals surface area (Å²) in [6.45, 7) is 2.06. The highest BCUT2D eigenvalue weighted by Gasteiger charge is 2.11. The van der Waals surface area contributed by atoms with Gasteiger partial charge in [-0.05, 0) is 30.9 Å². The number of aryl methyl sites for hydroxylation is 2. The maximum Gasteiger partial charge on any atom is 0.0994 e. The fourth-order valence-electron chi connectivity index (χ4n) is 1.75. The third-order valence-corrected chi connectivity index (χ3v) is 2.44. The fraction of sp³-hybridized carbons (Fsp3) is 0.250. The summed E-state index contributed by atoms with van der Waals surface area (Å²) >= 11 is 0. The highest BCUT2D eigenvalue weighted by atomic mass is 14.3. The van der Waals surface area contributed by atoms with Crippen molar-refractivity contribution >= 4 is 5.57 Å². The average molecular weight is 169 g/mol. The van der Waals surface area contributed by atoms with E-state index in [2.05, 4.69) is 31.2 Å².